The van der Waals surface area contributed by atoms with E-state index in [-0.39, 0.29) is 18.1 Å². The van der Waals surface area contributed by atoms with Crippen molar-refractivity contribution in [2.24, 2.45) is 0 Å². The summed E-state index contributed by atoms with van der Waals surface area (Å²) < 4.78 is 0. The molecule has 0 spiro atoms. The van der Waals surface area contributed by atoms with Gasteiger partial charge in [0.25, 0.3) is 5.91 Å². The van der Waals surface area contributed by atoms with Crippen LogP contribution < -0.4 is 10.6 Å². The molecule has 9 heteroatoms. The number of thioether (sulfide) groups is 1. The van der Waals surface area contributed by atoms with Crippen LogP contribution in [0.2, 0.25) is 0 Å². The van der Waals surface area contributed by atoms with Crippen LogP contribution in [0.15, 0.2) is 54.6 Å². The molecule has 0 aliphatic rings. The molecule has 174 valence electrons. The quantitative estimate of drug-likeness (QED) is 0.291. The fourth-order valence-corrected chi connectivity index (χ4v) is 3.36. The Morgan fingerprint density at radius 1 is 0.939 bits per heavy atom. The van der Waals surface area contributed by atoms with Gasteiger partial charge in [0.15, 0.2) is 5.78 Å². The number of Topliss-reactive ketones (excluding diaryl/α,β-unsaturated/α-hetero) is 1. The van der Waals surface area contributed by atoms with Crippen molar-refractivity contribution in [3.63, 3.8) is 0 Å². The third-order valence-electron chi connectivity index (χ3n) is 4.38. The Kier molecular flexibility index (Phi) is 11.1. The highest BCUT2D eigenvalue weighted by Crippen LogP contribution is 2.06. The predicted molar refractivity (Wildman–Crippen MR) is 126 cm³/mol. The number of nitrogens with one attached hydrogen (secondary N) is 2. The highest BCUT2D eigenvalue weighted by atomic mass is 32.2. The molecule has 0 radical (unpaired) electrons. The minimum Gasteiger partial charge on any atom is -0.394 e. The Hall–Kier alpha value is -3.16. The third kappa shape index (κ3) is 9.47. The minimum absolute atomic E-state index is 0.0104. The van der Waals surface area contributed by atoms with Crippen LogP contribution in [0.4, 0.5) is 0 Å². The summed E-state index contributed by atoms with van der Waals surface area (Å²) in [6.07, 6.45) is -0.915. The molecule has 0 fully saturated rings. The number of carbonyl (C=O) groups excluding carboxylic acids is 3. The van der Waals surface area contributed by atoms with Gasteiger partial charge in [-0.1, -0.05) is 30.0 Å². The first-order chi connectivity index (χ1) is 15.9. The molecule has 33 heavy (non-hydrogen) atoms. The topological polar surface area (TPSA) is 136 Å². The molecule has 0 heterocycles. The van der Waals surface area contributed by atoms with E-state index >= 15 is 0 Å². The summed E-state index contributed by atoms with van der Waals surface area (Å²) in [6.45, 7) is -1.37. The monoisotopic (exact) mass is 470 g/mol. The number of benzene rings is 2. The van der Waals surface area contributed by atoms with Crippen molar-refractivity contribution in [2.75, 3.05) is 31.3 Å². The number of amides is 2. The lowest BCUT2D eigenvalue weighted by Gasteiger charge is -2.17. The predicted octanol–water partition coefficient (Wildman–Crippen LogP) is -0.0512. The van der Waals surface area contributed by atoms with Crippen LogP contribution >= 0.6 is 11.8 Å². The maximum atomic E-state index is 12.5. The number of aliphatic hydroxyl groups excluding tert-OH is 3. The molecule has 2 rings (SSSR count). The number of carbonyl (C=O) groups is 3. The molecule has 5 N–H and O–H groups in total. The number of hydrogen-bond donors (Lipinski definition) is 5. The molecule has 2 aromatic rings. The Bertz CT molecular complexity index is 986. The highest BCUT2D eigenvalue weighted by molar-refractivity contribution is 7.99. The van der Waals surface area contributed by atoms with E-state index < -0.39 is 43.0 Å². The normalized spacial score (nSPS) is 12.1. The van der Waals surface area contributed by atoms with Gasteiger partial charge in [-0.15, -0.1) is 11.8 Å². The summed E-state index contributed by atoms with van der Waals surface area (Å²) in [5.41, 5.74) is 1.89. The Labute approximate surface area is 196 Å². The van der Waals surface area contributed by atoms with Gasteiger partial charge in [0.05, 0.1) is 18.5 Å². The average Bonchev–Trinajstić information content (AvgIpc) is 2.85. The zero-order chi connectivity index (χ0) is 24.1. The van der Waals surface area contributed by atoms with E-state index in [4.69, 9.17) is 5.11 Å². The van der Waals surface area contributed by atoms with E-state index in [1.807, 2.05) is 30.3 Å². The second kappa shape index (κ2) is 14.1. The van der Waals surface area contributed by atoms with Crippen LogP contribution in [0.5, 0.6) is 0 Å². The molecule has 0 bridgehead atoms. The largest absolute Gasteiger partial charge is 0.394 e. The van der Waals surface area contributed by atoms with Crippen molar-refractivity contribution in [3.8, 4) is 11.8 Å². The molecule has 0 aromatic heterocycles. The Morgan fingerprint density at radius 2 is 1.58 bits per heavy atom. The van der Waals surface area contributed by atoms with Crippen LogP contribution in [0.3, 0.4) is 0 Å². The molecule has 2 amide bonds. The van der Waals surface area contributed by atoms with Crippen LogP contribution in [-0.4, -0.2) is 76.3 Å². The molecule has 0 aliphatic carbocycles. The first-order valence-corrected chi connectivity index (χ1v) is 11.3. The molecule has 2 aromatic carbocycles. The lowest BCUT2D eigenvalue weighted by molar-refractivity contribution is -0.124. The lowest BCUT2D eigenvalue weighted by atomic mass is 10.1. The maximum absolute atomic E-state index is 12.5. The van der Waals surface area contributed by atoms with Crippen LogP contribution in [0, 0.1) is 11.8 Å². The van der Waals surface area contributed by atoms with E-state index in [0.717, 1.165) is 22.9 Å². The van der Waals surface area contributed by atoms with E-state index in [0.29, 0.717) is 5.56 Å². The minimum atomic E-state index is -1.10. The van der Waals surface area contributed by atoms with Crippen molar-refractivity contribution in [3.05, 3.63) is 71.3 Å². The van der Waals surface area contributed by atoms with Gasteiger partial charge in [-0.2, -0.15) is 0 Å². The van der Waals surface area contributed by atoms with Gasteiger partial charge >= 0.3 is 0 Å². The smallest absolute Gasteiger partial charge is 0.251 e. The summed E-state index contributed by atoms with van der Waals surface area (Å²) in [5, 5.41) is 32.3. The molecule has 0 saturated carbocycles. The molecular weight excluding hydrogens is 444 g/mol. The molecule has 1 unspecified atom stereocenters. The van der Waals surface area contributed by atoms with Gasteiger partial charge < -0.3 is 26.0 Å². The standard InChI is InChI=1S/C24H26N2O6S/c27-13-20(29)15-33-16-23(31)25-12-21(22(30)14-28)26-24(32)19-10-8-18(9-11-19)7-6-17-4-2-1-3-5-17/h1-5,8-11,20-21,27-29H,12-16H2,(H,25,31)(H,26,32)/t20?,21-/m0/s1. The lowest BCUT2D eigenvalue weighted by Crippen LogP contribution is -2.49. The summed E-state index contributed by atoms with van der Waals surface area (Å²) in [4.78, 5) is 36.5. The van der Waals surface area contributed by atoms with Gasteiger partial charge in [-0.25, -0.2) is 0 Å². The van der Waals surface area contributed by atoms with Crippen molar-refractivity contribution in [1.82, 2.24) is 10.6 Å². The van der Waals surface area contributed by atoms with Crippen LogP contribution in [0.1, 0.15) is 21.5 Å². The van der Waals surface area contributed by atoms with E-state index in [1.54, 1.807) is 24.3 Å². The van der Waals surface area contributed by atoms with Crippen LogP contribution in [-0.2, 0) is 9.59 Å². The van der Waals surface area contributed by atoms with Crippen molar-refractivity contribution in [1.29, 1.82) is 0 Å². The SMILES string of the molecule is O=C(CSCC(O)CO)NC[C@H](NC(=O)c1ccc(C#Cc2ccccc2)cc1)C(=O)CO. The second-order valence-corrected chi connectivity index (χ2v) is 8.03. The fraction of sp³-hybridized carbons (Fsp3) is 0.292. The van der Waals surface area contributed by atoms with E-state index in [1.165, 1.54) is 0 Å². The fourth-order valence-electron chi connectivity index (χ4n) is 2.58. The molecule has 2 atom stereocenters. The number of ketones is 1. The third-order valence-corrected chi connectivity index (χ3v) is 5.47. The van der Waals surface area contributed by atoms with Gasteiger partial charge in [0.1, 0.15) is 12.6 Å². The average molecular weight is 471 g/mol. The zero-order valence-corrected chi connectivity index (χ0v) is 18.7. The van der Waals surface area contributed by atoms with Crippen molar-refractivity contribution in [2.45, 2.75) is 12.1 Å². The Morgan fingerprint density at radius 3 is 2.18 bits per heavy atom. The van der Waals surface area contributed by atoms with Gasteiger partial charge in [0.2, 0.25) is 5.91 Å². The van der Waals surface area contributed by atoms with Crippen molar-refractivity contribution < 1.29 is 29.7 Å². The number of hydrogen-bond acceptors (Lipinski definition) is 7. The van der Waals surface area contributed by atoms with Gasteiger partial charge in [0, 0.05) is 29.0 Å². The molecule has 0 saturated heterocycles. The van der Waals surface area contributed by atoms with Crippen LogP contribution in [0.25, 0.3) is 0 Å². The highest BCUT2D eigenvalue weighted by Gasteiger charge is 2.21. The summed E-state index contributed by atoms with van der Waals surface area (Å²) in [7, 11) is 0. The summed E-state index contributed by atoms with van der Waals surface area (Å²) in [5.74, 6) is 4.65. The van der Waals surface area contributed by atoms with E-state index in [9.17, 15) is 24.6 Å². The van der Waals surface area contributed by atoms with Crippen molar-refractivity contribution >= 4 is 29.4 Å². The number of rotatable bonds is 11. The maximum Gasteiger partial charge on any atom is 0.251 e. The Balaban J connectivity index is 1.91. The van der Waals surface area contributed by atoms with Gasteiger partial charge in [-0.3, -0.25) is 14.4 Å². The van der Waals surface area contributed by atoms with Gasteiger partial charge in [-0.05, 0) is 36.4 Å². The first-order valence-electron chi connectivity index (χ1n) is 10.2. The molecule has 0 aliphatic heterocycles. The summed E-state index contributed by atoms with van der Waals surface area (Å²) >= 11 is 1.12. The molecule has 8 nitrogen and oxygen atoms in total. The number of aliphatic hydroxyl groups is 3. The zero-order valence-electron chi connectivity index (χ0n) is 17.9. The molecular formula is C24H26N2O6S. The second-order valence-electron chi connectivity index (χ2n) is 7.00. The first kappa shape index (κ1) is 26.1. The van der Waals surface area contributed by atoms with E-state index in [2.05, 4.69) is 22.5 Å². The summed E-state index contributed by atoms with van der Waals surface area (Å²) in [6, 6.07) is 14.9.